The number of aromatic nitrogens is 2. The van der Waals surface area contributed by atoms with E-state index in [1.165, 1.54) is 11.1 Å². The highest BCUT2D eigenvalue weighted by atomic mass is 35.5. The van der Waals surface area contributed by atoms with E-state index < -0.39 is 5.54 Å². The minimum absolute atomic E-state index is 0.00337. The first-order valence-electron chi connectivity index (χ1n) is 12.6. The summed E-state index contributed by atoms with van der Waals surface area (Å²) >= 11 is 6.43. The van der Waals surface area contributed by atoms with Gasteiger partial charge in [0.25, 0.3) is 5.91 Å². The number of nitrogens with zero attached hydrogens (tertiary/aromatic N) is 3. The number of aliphatic hydroxyl groups is 1. The normalized spacial score (nSPS) is 16.4. The van der Waals surface area contributed by atoms with Gasteiger partial charge in [0.15, 0.2) is 0 Å². The monoisotopic (exact) mass is 535 g/mol. The predicted molar refractivity (Wildman–Crippen MR) is 144 cm³/mol. The van der Waals surface area contributed by atoms with E-state index in [1.807, 2.05) is 43.3 Å². The average Bonchev–Trinajstić information content (AvgIpc) is 3.21. The van der Waals surface area contributed by atoms with E-state index in [-0.39, 0.29) is 31.0 Å². The van der Waals surface area contributed by atoms with E-state index in [9.17, 15) is 14.7 Å². The Morgan fingerprint density at radius 2 is 2.08 bits per heavy atom. The smallest absolute Gasteiger partial charge is 0.254 e. The summed E-state index contributed by atoms with van der Waals surface area (Å²) in [4.78, 5) is 36.4. The first kappa shape index (κ1) is 25.9. The van der Waals surface area contributed by atoms with Crippen molar-refractivity contribution in [2.24, 2.45) is 0 Å². The molecular weight excluding hydrogens is 506 g/mol. The van der Waals surface area contributed by atoms with Crippen LogP contribution in [-0.2, 0) is 11.3 Å². The van der Waals surface area contributed by atoms with Crippen molar-refractivity contribution in [1.29, 1.82) is 0 Å². The maximum atomic E-state index is 13.2. The van der Waals surface area contributed by atoms with Crippen LogP contribution >= 0.6 is 11.6 Å². The summed E-state index contributed by atoms with van der Waals surface area (Å²) in [5.41, 5.74) is 3.05. The molecule has 1 aliphatic heterocycles. The fraction of sp³-hybridized carbons (Fsp3) is 0.357. The Balaban J connectivity index is 1.28. The van der Waals surface area contributed by atoms with E-state index >= 15 is 0 Å². The summed E-state index contributed by atoms with van der Waals surface area (Å²) in [6.45, 7) is 2.19. The maximum absolute atomic E-state index is 13.2. The highest BCUT2D eigenvalue weighted by Gasteiger charge is 2.37. The summed E-state index contributed by atoms with van der Waals surface area (Å²) in [6.07, 6.45) is 4.25. The molecule has 9 nitrogen and oxygen atoms in total. The van der Waals surface area contributed by atoms with E-state index in [0.717, 1.165) is 30.4 Å². The lowest BCUT2D eigenvalue weighted by Gasteiger charge is -2.40. The number of carbonyl (C=O) groups excluding carboxylic acids is 2. The van der Waals surface area contributed by atoms with Crippen molar-refractivity contribution >= 4 is 29.4 Å². The Morgan fingerprint density at radius 1 is 1.26 bits per heavy atom. The first-order valence-corrected chi connectivity index (χ1v) is 13.0. The molecule has 0 saturated heterocycles. The number of hydrogen-bond donors (Lipinski definition) is 3. The van der Waals surface area contributed by atoms with Gasteiger partial charge in [-0.25, -0.2) is 9.97 Å². The summed E-state index contributed by atoms with van der Waals surface area (Å²) < 4.78 is 5.26. The topological polar surface area (TPSA) is 117 Å². The first-order chi connectivity index (χ1) is 18.3. The van der Waals surface area contributed by atoms with E-state index in [2.05, 4.69) is 20.6 Å². The SMILES string of the molecule is COc1cccc(C(C)NC(=O)CN2Cc3ccc(-c4nc(NC5(CO)CCC5)ncc4Cl)cc3C2=O)c1. The number of methoxy groups -OCH3 is 1. The average molecular weight is 536 g/mol. The zero-order chi connectivity index (χ0) is 26.9. The Bertz CT molecular complexity index is 1370. The molecule has 5 rings (SSSR count). The molecule has 2 aliphatic rings. The van der Waals surface area contributed by atoms with Crippen molar-refractivity contribution in [3.63, 3.8) is 0 Å². The third-order valence-corrected chi connectivity index (χ3v) is 7.58. The van der Waals surface area contributed by atoms with Crippen LogP contribution in [0.4, 0.5) is 5.95 Å². The molecule has 38 heavy (non-hydrogen) atoms. The standard InChI is InChI=1S/C28H30ClN5O4/c1-17(18-5-3-6-21(11-18)38-2)31-24(36)15-34-14-20-8-7-19(12-22(20)26(34)37)25-23(29)13-30-27(32-25)33-28(16-35)9-4-10-28/h3,5-8,11-13,17,35H,4,9-10,14-16H2,1-2H3,(H,31,36)(H,30,32,33). The quantitative estimate of drug-likeness (QED) is 0.379. The Hall–Kier alpha value is -3.69. The molecule has 1 fully saturated rings. The number of hydrogen-bond acceptors (Lipinski definition) is 7. The second kappa shape index (κ2) is 10.6. The molecule has 2 heterocycles. The van der Waals surface area contributed by atoms with Crippen LogP contribution in [0, 0.1) is 0 Å². The third-order valence-electron chi connectivity index (χ3n) is 7.30. The Morgan fingerprint density at radius 3 is 2.79 bits per heavy atom. The Kier molecular flexibility index (Phi) is 7.23. The lowest BCUT2D eigenvalue weighted by molar-refractivity contribution is -0.122. The largest absolute Gasteiger partial charge is 0.497 e. The number of anilines is 1. The Labute approximate surface area is 226 Å². The van der Waals surface area contributed by atoms with Crippen LogP contribution < -0.4 is 15.4 Å². The number of amides is 2. The van der Waals surface area contributed by atoms with Gasteiger partial charge in [0, 0.05) is 17.7 Å². The number of aliphatic hydroxyl groups excluding tert-OH is 1. The van der Waals surface area contributed by atoms with Crippen molar-refractivity contribution < 1.29 is 19.4 Å². The number of nitrogens with one attached hydrogen (secondary N) is 2. The fourth-order valence-electron chi connectivity index (χ4n) is 4.88. The minimum atomic E-state index is -0.399. The highest BCUT2D eigenvalue weighted by molar-refractivity contribution is 6.33. The molecule has 1 aromatic heterocycles. The molecule has 10 heteroatoms. The minimum Gasteiger partial charge on any atom is -0.497 e. The van der Waals surface area contributed by atoms with Crippen molar-refractivity contribution in [3.8, 4) is 17.0 Å². The van der Waals surface area contributed by atoms with Crippen LogP contribution in [0.15, 0.2) is 48.7 Å². The fourth-order valence-corrected chi connectivity index (χ4v) is 5.08. The molecule has 1 saturated carbocycles. The van der Waals surface area contributed by atoms with Crippen molar-refractivity contribution in [1.82, 2.24) is 20.2 Å². The van der Waals surface area contributed by atoms with Gasteiger partial charge in [-0.1, -0.05) is 35.9 Å². The molecule has 1 aliphatic carbocycles. The molecule has 2 aromatic carbocycles. The molecule has 0 bridgehead atoms. The molecule has 0 spiro atoms. The lowest BCUT2D eigenvalue weighted by Crippen LogP contribution is -2.48. The summed E-state index contributed by atoms with van der Waals surface area (Å²) in [5.74, 6) is 0.633. The van der Waals surface area contributed by atoms with Gasteiger partial charge in [0.1, 0.15) is 12.3 Å². The number of benzene rings is 2. The molecule has 3 aromatic rings. The van der Waals surface area contributed by atoms with Gasteiger partial charge in [-0.2, -0.15) is 0 Å². The van der Waals surface area contributed by atoms with Crippen LogP contribution in [0.1, 0.15) is 53.7 Å². The summed E-state index contributed by atoms with van der Waals surface area (Å²) in [6, 6.07) is 12.8. The second-order valence-electron chi connectivity index (χ2n) is 9.91. The van der Waals surface area contributed by atoms with E-state index in [4.69, 9.17) is 16.3 Å². The molecular formula is C28H30ClN5O4. The molecule has 198 valence electrons. The molecule has 1 unspecified atom stereocenters. The van der Waals surface area contributed by atoms with Gasteiger partial charge in [-0.15, -0.1) is 0 Å². The molecule has 0 radical (unpaired) electrons. The molecule has 2 amide bonds. The second-order valence-corrected chi connectivity index (χ2v) is 10.3. The zero-order valence-corrected chi connectivity index (χ0v) is 22.1. The van der Waals surface area contributed by atoms with Crippen molar-refractivity contribution in [2.75, 3.05) is 25.6 Å². The van der Waals surface area contributed by atoms with Gasteiger partial charge < -0.3 is 25.4 Å². The van der Waals surface area contributed by atoms with Crippen LogP contribution in [0.3, 0.4) is 0 Å². The van der Waals surface area contributed by atoms with E-state index in [0.29, 0.717) is 40.1 Å². The lowest BCUT2D eigenvalue weighted by atomic mass is 9.77. The number of carbonyl (C=O) groups is 2. The van der Waals surface area contributed by atoms with Gasteiger partial charge in [0.05, 0.1) is 42.2 Å². The van der Waals surface area contributed by atoms with Gasteiger partial charge in [-0.05, 0) is 55.5 Å². The van der Waals surface area contributed by atoms with Crippen LogP contribution in [0.2, 0.25) is 5.02 Å². The maximum Gasteiger partial charge on any atom is 0.254 e. The van der Waals surface area contributed by atoms with Crippen molar-refractivity contribution in [2.45, 2.75) is 44.3 Å². The van der Waals surface area contributed by atoms with Gasteiger partial charge in [-0.3, -0.25) is 9.59 Å². The van der Waals surface area contributed by atoms with Crippen molar-refractivity contribution in [3.05, 3.63) is 70.4 Å². The summed E-state index contributed by atoms with van der Waals surface area (Å²) in [5, 5.41) is 16.3. The highest BCUT2D eigenvalue weighted by Crippen LogP contribution is 2.36. The van der Waals surface area contributed by atoms with Gasteiger partial charge >= 0.3 is 0 Å². The van der Waals surface area contributed by atoms with E-state index in [1.54, 1.807) is 13.2 Å². The number of halogens is 1. The van der Waals surface area contributed by atoms with Crippen LogP contribution in [-0.4, -0.2) is 57.6 Å². The molecule has 3 N–H and O–H groups in total. The molecule has 1 atom stereocenters. The number of ether oxygens (including phenoxy) is 1. The number of fused-ring (bicyclic) bond motifs is 1. The van der Waals surface area contributed by atoms with Crippen LogP contribution in [0.25, 0.3) is 11.3 Å². The predicted octanol–water partition coefficient (Wildman–Crippen LogP) is 3.97. The van der Waals surface area contributed by atoms with Crippen LogP contribution in [0.5, 0.6) is 5.75 Å². The third kappa shape index (κ3) is 5.16. The zero-order valence-electron chi connectivity index (χ0n) is 21.3. The number of rotatable bonds is 9. The summed E-state index contributed by atoms with van der Waals surface area (Å²) in [7, 11) is 1.60. The van der Waals surface area contributed by atoms with Gasteiger partial charge in [0.2, 0.25) is 11.9 Å².